The van der Waals surface area contributed by atoms with Gasteiger partial charge in [-0.3, -0.25) is 27.9 Å². The molecule has 1 N–H and O–H groups in total. The van der Waals surface area contributed by atoms with Gasteiger partial charge in [0.2, 0.25) is 0 Å². The molecule has 0 bridgehead atoms. The summed E-state index contributed by atoms with van der Waals surface area (Å²) in [5, 5.41) is 1.23. The summed E-state index contributed by atoms with van der Waals surface area (Å²) < 4.78 is 89.8. The van der Waals surface area contributed by atoms with Gasteiger partial charge in [0.1, 0.15) is 6.23 Å². The molecule has 1 aromatic heterocycles. The number of rotatable bonds is 15. The predicted molar refractivity (Wildman–Crippen MR) is 169 cm³/mol. The quantitative estimate of drug-likeness (QED) is 0.103. The monoisotopic (exact) mass is 711 g/mol. The molecule has 2 aromatic carbocycles. The minimum absolute atomic E-state index is 0.00526. The lowest BCUT2D eigenvalue weighted by Gasteiger charge is -2.24. The molecule has 0 spiro atoms. The summed E-state index contributed by atoms with van der Waals surface area (Å²) in [7, 11) is -12.6. The van der Waals surface area contributed by atoms with Gasteiger partial charge in [0.15, 0.2) is 19.7 Å². The van der Waals surface area contributed by atoms with Crippen LogP contribution in [0.4, 0.5) is 0 Å². The molecule has 1 aliphatic rings. The van der Waals surface area contributed by atoms with Crippen LogP contribution < -0.4 is 11.2 Å². The van der Waals surface area contributed by atoms with Gasteiger partial charge in [-0.05, 0) is 50.6 Å². The summed E-state index contributed by atoms with van der Waals surface area (Å²) in [5.41, 5.74) is 7.99. The van der Waals surface area contributed by atoms with Crippen LogP contribution in [0.15, 0.2) is 91.4 Å². The molecule has 16 nitrogen and oxygen atoms in total. The molecule has 47 heavy (non-hydrogen) atoms. The van der Waals surface area contributed by atoms with Crippen molar-refractivity contribution in [1.82, 2.24) is 9.55 Å². The van der Waals surface area contributed by atoms with Crippen LogP contribution in [-0.4, -0.2) is 68.9 Å². The zero-order chi connectivity index (χ0) is 34.4. The molecule has 1 aliphatic heterocycles. The molecule has 0 aliphatic carbocycles. The van der Waals surface area contributed by atoms with Crippen molar-refractivity contribution >= 4 is 27.5 Å². The average molecular weight is 712 g/mol. The normalized spacial score (nSPS) is 21.0. The van der Waals surface area contributed by atoms with Crippen LogP contribution >= 0.6 is 7.82 Å². The molecular weight excluding hydrogens is 677 g/mol. The first-order valence-electron chi connectivity index (χ1n) is 14.3. The number of H-pyrrole nitrogens is 1. The lowest BCUT2D eigenvalue weighted by Crippen LogP contribution is -2.33. The molecule has 2 unspecified atom stereocenters. The van der Waals surface area contributed by atoms with Gasteiger partial charge < -0.3 is 4.74 Å². The van der Waals surface area contributed by atoms with E-state index in [-0.39, 0.29) is 21.8 Å². The van der Waals surface area contributed by atoms with Crippen LogP contribution in [0.25, 0.3) is 10.4 Å². The largest absolute Gasteiger partial charge is 0.474 e. The second-order valence-corrected chi connectivity index (χ2v) is 17.2. The lowest BCUT2D eigenvalue weighted by atomic mass is 10.1. The van der Waals surface area contributed by atoms with E-state index in [0.29, 0.717) is 0 Å². The van der Waals surface area contributed by atoms with E-state index >= 15 is 0 Å². The third-order valence-corrected chi connectivity index (χ3v) is 13.0. The summed E-state index contributed by atoms with van der Waals surface area (Å²) in [6.07, 6.45) is -0.849. The second-order valence-electron chi connectivity index (χ2n) is 10.8. The van der Waals surface area contributed by atoms with Crippen molar-refractivity contribution in [1.29, 1.82) is 0 Å². The van der Waals surface area contributed by atoms with E-state index in [1.54, 1.807) is 36.4 Å². The molecule has 3 aromatic rings. The SMILES string of the molecule is Cc1cn([C@H]2C[C@H](N=[N+]=[N-])[C@@H](COP(=O)(OCC(C)S(=O)(=O)c3ccccc3)OCC(C)S(=O)(=O)c3ccccc3)O2)c(=O)[nH]c1=O. The first kappa shape index (κ1) is 36.2. The Balaban J connectivity index is 1.55. The minimum atomic E-state index is -4.72. The number of hydrogen-bond donors (Lipinski definition) is 1. The number of aromatic nitrogens is 2. The highest BCUT2D eigenvalue weighted by molar-refractivity contribution is 7.92. The van der Waals surface area contributed by atoms with Gasteiger partial charge in [-0.25, -0.2) is 26.2 Å². The lowest BCUT2D eigenvalue weighted by molar-refractivity contribution is -0.0303. The van der Waals surface area contributed by atoms with Gasteiger partial charge in [-0.1, -0.05) is 41.5 Å². The number of aromatic amines is 1. The maximum atomic E-state index is 13.9. The highest BCUT2D eigenvalue weighted by atomic mass is 32.2. The molecule has 0 amide bonds. The molecule has 19 heteroatoms. The first-order valence-corrected chi connectivity index (χ1v) is 18.9. The van der Waals surface area contributed by atoms with Gasteiger partial charge in [0.05, 0.1) is 52.3 Å². The third kappa shape index (κ3) is 8.66. The molecule has 0 saturated carbocycles. The van der Waals surface area contributed by atoms with E-state index in [0.717, 1.165) is 4.57 Å². The van der Waals surface area contributed by atoms with E-state index in [2.05, 4.69) is 15.0 Å². The van der Waals surface area contributed by atoms with Crippen molar-refractivity contribution in [2.75, 3.05) is 19.8 Å². The van der Waals surface area contributed by atoms with Crippen molar-refractivity contribution in [3.8, 4) is 0 Å². The summed E-state index contributed by atoms with van der Waals surface area (Å²) >= 11 is 0. The Kier molecular flexibility index (Phi) is 11.6. The van der Waals surface area contributed by atoms with Crippen LogP contribution in [0, 0.1) is 6.92 Å². The number of azide groups is 1. The van der Waals surface area contributed by atoms with Crippen LogP contribution in [0.3, 0.4) is 0 Å². The van der Waals surface area contributed by atoms with Gasteiger partial charge in [-0.2, -0.15) is 0 Å². The number of benzene rings is 2. The zero-order valence-electron chi connectivity index (χ0n) is 25.6. The molecule has 2 heterocycles. The van der Waals surface area contributed by atoms with E-state index in [1.165, 1.54) is 51.2 Å². The van der Waals surface area contributed by atoms with Crippen molar-refractivity contribution in [2.24, 2.45) is 5.11 Å². The van der Waals surface area contributed by atoms with Gasteiger partial charge in [0, 0.05) is 23.1 Å². The number of sulfone groups is 2. The number of aryl methyl sites for hydroxylation is 1. The second kappa shape index (κ2) is 15.1. The molecule has 4 rings (SSSR count). The van der Waals surface area contributed by atoms with Crippen LogP contribution in [0.5, 0.6) is 0 Å². The maximum Gasteiger partial charge on any atom is 0.474 e. The van der Waals surface area contributed by atoms with Crippen molar-refractivity contribution in [3.05, 3.63) is 104 Å². The van der Waals surface area contributed by atoms with Gasteiger partial charge >= 0.3 is 13.5 Å². The first-order chi connectivity index (χ1) is 22.2. The Labute approximate surface area is 270 Å². The fourth-order valence-electron chi connectivity index (χ4n) is 4.56. The maximum absolute atomic E-state index is 13.9. The zero-order valence-corrected chi connectivity index (χ0v) is 28.1. The predicted octanol–water partition coefficient (Wildman–Crippen LogP) is 3.69. The number of ether oxygens (including phenoxy) is 1. The van der Waals surface area contributed by atoms with E-state index in [9.17, 15) is 31.0 Å². The van der Waals surface area contributed by atoms with Crippen molar-refractivity contribution < 1.29 is 39.7 Å². The summed E-state index contributed by atoms with van der Waals surface area (Å²) in [6, 6.07) is 14.1. The molecule has 1 saturated heterocycles. The standard InChI is InChI=1S/C28H34N5O11PS2/c1-19-15-33(28(35)30-27(19)34)26-14-24(31-32-29)25(44-26)18-43-45(36,41-16-20(2)46(37,38)22-10-6-4-7-11-22)42-17-21(3)47(39,40)23-12-8-5-9-13-23/h4-13,15,20-21,24-26H,14,16-18H2,1-3H3,(H,30,34,35)/t20?,21?,24-,25+,26+,45?/m0/s1. The molecule has 0 radical (unpaired) electrons. The topological polar surface area (TPSA) is 226 Å². The van der Waals surface area contributed by atoms with Crippen LogP contribution in [0.2, 0.25) is 0 Å². The Morgan fingerprint density at radius 1 is 0.957 bits per heavy atom. The summed E-state index contributed by atoms with van der Waals surface area (Å²) in [5.74, 6) is 0. The number of nitrogens with zero attached hydrogens (tertiary/aromatic N) is 4. The van der Waals surface area contributed by atoms with Crippen molar-refractivity contribution in [3.63, 3.8) is 0 Å². The van der Waals surface area contributed by atoms with E-state index in [1.807, 2.05) is 0 Å². The fourth-order valence-corrected chi connectivity index (χ4v) is 8.62. The van der Waals surface area contributed by atoms with Crippen molar-refractivity contribution in [2.45, 2.75) is 65.9 Å². The number of phosphoric ester groups is 1. The average Bonchev–Trinajstić information content (AvgIpc) is 3.46. The molecular formula is C28H34N5O11PS2. The summed E-state index contributed by atoms with van der Waals surface area (Å²) in [6.45, 7) is 2.25. The van der Waals surface area contributed by atoms with Gasteiger partial charge in [-0.15, -0.1) is 0 Å². The number of phosphoric acid groups is 1. The number of nitrogens with one attached hydrogen (secondary N) is 1. The highest BCUT2D eigenvalue weighted by Gasteiger charge is 2.40. The van der Waals surface area contributed by atoms with E-state index < -0.39 is 87.4 Å². The molecule has 254 valence electrons. The minimum Gasteiger partial charge on any atom is -0.352 e. The smallest absolute Gasteiger partial charge is 0.352 e. The Morgan fingerprint density at radius 2 is 1.47 bits per heavy atom. The Bertz CT molecular complexity index is 1900. The third-order valence-electron chi connectivity index (χ3n) is 7.39. The Hall–Kier alpha value is -3.60. The van der Waals surface area contributed by atoms with Crippen LogP contribution in [0.1, 0.15) is 32.1 Å². The molecule has 1 fully saturated rings. The fraction of sp³-hybridized carbons (Fsp3) is 0.429. The van der Waals surface area contributed by atoms with Crippen LogP contribution in [-0.2, 0) is 42.5 Å². The highest BCUT2D eigenvalue weighted by Crippen LogP contribution is 2.51. The van der Waals surface area contributed by atoms with E-state index in [4.69, 9.17) is 23.8 Å². The van der Waals surface area contributed by atoms with Gasteiger partial charge in [0.25, 0.3) is 5.56 Å². The molecule has 5 atom stereocenters. The Morgan fingerprint density at radius 3 is 1.96 bits per heavy atom. The summed E-state index contributed by atoms with van der Waals surface area (Å²) in [4.78, 5) is 29.2. The number of hydrogen-bond acceptors (Lipinski definition) is 12.